The highest BCUT2D eigenvalue weighted by Gasteiger charge is 2.12. The summed E-state index contributed by atoms with van der Waals surface area (Å²) in [7, 11) is 0. The Hall–Kier alpha value is -1.24. The van der Waals surface area contributed by atoms with E-state index >= 15 is 0 Å². The van der Waals surface area contributed by atoms with Gasteiger partial charge in [0.1, 0.15) is 0 Å². The average Bonchev–Trinajstić information content (AvgIpc) is 2.35. The Labute approximate surface area is 104 Å². The van der Waals surface area contributed by atoms with Crippen LogP contribution in [0.25, 0.3) is 0 Å². The van der Waals surface area contributed by atoms with Crippen LogP contribution in [0.3, 0.4) is 0 Å². The minimum Gasteiger partial charge on any atom is -0.409 e. The van der Waals surface area contributed by atoms with E-state index in [1.165, 1.54) is 11.8 Å². The second-order valence-corrected chi connectivity index (χ2v) is 4.61. The first-order valence-electron chi connectivity index (χ1n) is 5.09. The van der Waals surface area contributed by atoms with Crippen molar-refractivity contribution in [2.75, 3.05) is 12.4 Å². The topological polar surface area (TPSA) is 99.1 Å². The number of aliphatic hydroxyl groups excluding tert-OH is 2. The summed E-state index contributed by atoms with van der Waals surface area (Å²) in [6.07, 6.45) is -0.778. The van der Waals surface area contributed by atoms with Gasteiger partial charge in [0.05, 0.1) is 12.7 Å². The monoisotopic (exact) mass is 256 g/mol. The Kier molecular flexibility index (Phi) is 5.27. The first-order chi connectivity index (χ1) is 8.10. The Morgan fingerprint density at radius 2 is 2.24 bits per heavy atom. The van der Waals surface area contributed by atoms with Crippen LogP contribution in [0, 0.1) is 6.92 Å². The molecular formula is C11H16N2O3S. The summed E-state index contributed by atoms with van der Waals surface area (Å²) in [6, 6.07) is 5.47. The van der Waals surface area contributed by atoms with E-state index in [2.05, 4.69) is 5.16 Å². The van der Waals surface area contributed by atoms with Gasteiger partial charge in [-0.1, -0.05) is 23.4 Å². The molecule has 1 rings (SSSR count). The Morgan fingerprint density at radius 1 is 1.53 bits per heavy atom. The number of oxime groups is 1. The molecule has 0 fully saturated rings. The van der Waals surface area contributed by atoms with Crippen LogP contribution in [0.15, 0.2) is 28.3 Å². The molecule has 0 aliphatic heterocycles. The third-order valence-electron chi connectivity index (χ3n) is 2.23. The quantitative estimate of drug-likeness (QED) is 0.202. The zero-order valence-electron chi connectivity index (χ0n) is 9.50. The lowest BCUT2D eigenvalue weighted by Crippen LogP contribution is -2.17. The van der Waals surface area contributed by atoms with Crippen molar-refractivity contribution in [2.24, 2.45) is 10.9 Å². The van der Waals surface area contributed by atoms with Crippen LogP contribution in [-0.4, -0.2) is 39.7 Å². The molecule has 0 aliphatic rings. The van der Waals surface area contributed by atoms with E-state index in [0.717, 1.165) is 10.5 Å². The third-order valence-corrected chi connectivity index (χ3v) is 3.61. The van der Waals surface area contributed by atoms with Crippen LogP contribution in [0.5, 0.6) is 0 Å². The van der Waals surface area contributed by atoms with Gasteiger partial charge in [-0.2, -0.15) is 0 Å². The summed E-state index contributed by atoms with van der Waals surface area (Å²) in [5, 5.41) is 29.7. The molecule has 0 heterocycles. The number of amidine groups is 1. The van der Waals surface area contributed by atoms with E-state index in [-0.39, 0.29) is 12.4 Å². The summed E-state index contributed by atoms with van der Waals surface area (Å²) in [5.74, 6) is 0.391. The smallest absolute Gasteiger partial charge is 0.171 e. The first kappa shape index (κ1) is 13.8. The summed E-state index contributed by atoms with van der Waals surface area (Å²) < 4.78 is 0. The molecule has 0 bridgehead atoms. The molecule has 0 saturated heterocycles. The maximum atomic E-state index is 9.32. The first-order valence-corrected chi connectivity index (χ1v) is 6.08. The number of hydrogen-bond donors (Lipinski definition) is 4. The van der Waals surface area contributed by atoms with E-state index in [0.29, 0.717) is 11.3 Å². The van der Waals surface area contributed by atoms with Gasteiger partial charge in [0.25, 0.3) is 0 Å². The van der Waals surface area contributed by atoms with Crippen molar-refractivity contribution in [1.29, 1.82) is 0 Å². The van der Waals surface area contributed by atoms with Crippen LogP contribution >= 0.6 is 11.8 Å². The van der Waals surface area contributed by atoms with Gasteiger partial charge in [-0.15, -0.1) is 11.8 Å². The molecular weight excluding hydrogens is 240 g/mol. The molecule has 1 unspecified atom stereocenters. The Morgan fingerprint density at radius 3 is 2.82 bits per heavy atom. The lowest BCUT2D eigenvalue weighted by Gasteiger charge is -2.12. The molecule has 1 aromatic rings. The zero-order chi connectivity index (χ0) is 12.8. The van der Waals surface area contributed by atoms with Gasteiger partial charge in [0, 0.05) is 16.2 Å². The Bertz CT molecular complexity index is 410. The maximum Gasteiger partial charge on any atom is 0.171 e. The molecule has 5 nitrogen and oxygen atoms in total. The van der Waals surface area contributed by atoms with Gasteiger partial charge >= 0.3 is 0 Å². The number of benzene rings is 1. The van der Waals surface area contributed by atoms with E-state index in [1.807, 2.05) is 19.1 Å². The number of rotatable bonds is 5. The second kappa shape index (κ2) is 6.48. The van der Waals surface area contributed by atoms with Crippen LogP contribution in [0.2, 0.25) is 0 Å². The Balaban J connectivity index is 2.96. The van der Waals surface area contributed by atoms with Crippen LogP contribution in [0.1, 0.15) is 11.1 Å². The van der Waals surface area contributed by atoms with Gasteiger partial charge in [0.15, 0.2) is 5.84 Å². The van der Waals surface area contributed by atoms with E-state index in [1.54, 1.807) is 6.07 Å². The maximum absolute atomic E-state index is 9.32. The third kappa shape index (κ3) is 3.62. The normalized spacial score (nSPS) is 13.7. The molecule has 0 saturated carbocycles. The van der Waals surface area contributed by atoms with E-state index in [9.17, 15) is 5.11 Å². The molecule has 0 amide bonds. The predicted molar refractivity (Wildman–Crippen MR) is 67.5 cm³/mol. The van der Waals surface area contributed by atoms with E-state index in [4.69, 9.17) is 16.0 Å². The molecule has 0 spiro atoms. The highest BCUT2D eigenvalue weighted by molar-refractivity contribution is 7.99. The van der Waals surface area contributed by atoms with Crippen molar-refractivity contribution in [3.63, 3.8) is 0 Å². The average molecular weight is 256 g/mol. The zero-order valence-corrected chi connectivity index (χ0v) is 10.3. The van der Waals surface area contributed by atoms with Gasteiger partial charge in [-0.3, -0.25) is 0 Å². The number of nitrogens with two attached hydrogens (primary N) is 1. The van der Waals surface area contributed by atoms with Crippen LogP contribution in [-0.2, 0) is 0 Å². The number of hydrogen-bond acceptors (Lipinski definition) is 5. The highest BCUT2D eigenvalue weighted by Crippen LogP contribution is 2.27. The van der Waals surface area contributed by atoms with E-state index < -0.39 is 6.10 Å². The number of nitrogens with zero attached hydrogens (tertiary/aromatic N) is 1. The molecule has 17 heavy (non-hydrogen) atoms. The molecule has 1 aromatic carbocycles. The van der Waals surface area contributed by atoms with Crippen LogP contribution in [0.4, 0.5) is 0 Å². The minimum absolute atomic E-state index is 0.0367. The molecule has 0 radical (unpaired) electrons. The van der Waals surface area contributed by atoms with Gasteiger partial charge < -0.3 is 21.2 Å². The molecule has 0 aromatic heterocycles. The van der Waals surface area contributed by atoms with Crippen molar-refractivity contribution in [3.8, 4) is 0 Å². The summed E-state index contributed by atoms with van der Waals surface area (Å²) >= 11 is 1.37. The van der Waals surface area contributed by atoms with Gasteiger partial charge in [0.2, 0.25) is 0 Å². The summed E-state index contributed by atoms with van der Waals surface area (Å²) in [5.41, 5.74) is 7.18. The number of thioether (sulfide) groups is 1. The van der Waals surface area contributed by atoms with Crippen molar-refractivity contribution in [3.05, 3.63) is 29.3 Å². The molecule has 94 valence electrons. The second-order valence-electron chi connectivity index (χ2n) is 3.58. The summed E-state index contributed by atoms with van der Waals surface area (Å²) in [4.78, 5) is 0.843. The predicted octanol–water partition coefficient (Wildman–Crippen LogP) is 0.535. The van der Waals surface area contributed by atoms with Gasteiger partial charge in [-0.05, 0) is 12.5 Å². The molecule has 5 N–H and O–H groups in total. The van der Waals surface area contributed by atoms with Crippen LogP contribution < -0.4 is 5.73 Å². The van der Waals surface area contributed by atoms with Gasteiger partial charge in [-0.25, -0.2) is 0 Å². The fraction of sp³-hybridized carbons (Fsp3) is 0.364. The lowest BCUT2D eigenvalue weighted by atomic mass is 10.1. The van der Waals surface area contributed by atoms with Crippen molar-refractivity contribution in [2.45, 2.75) is 17.9 Å². The standard InChI is InChI=1S/C11H16N2O3S/c1-7-3-2-4-9(11(12)13-16)10(7)17-6-8(15)5-14/h2-4,8,14-16H,5-6H2,1H3,(H2,12,13). The largest absolute Gasteiger partial charge is 0.409 e. The fourth-order valence-electron chi connectivity index (χ4n) is 1.33. The van der Waals surface area contributed by atoms with Crippen molar-refractivity contribution < 1.29 is 15.4 Å². The number of aryl methyl sites for hydroxylation is 1. The van der Waals surface area contributed by atoms with Crippen molar-refractivity contribution in [1.82, 2.24) is 0 Å². The molecule has 1 atom stereocenters. The molecule has 0 aliphatic carbocycles. The molecule has 6 heteroatoms. The highest BCUT2D eigenvalue weighted by atomic mass is 32.2. The minimum atomic E-state index is -0.778. The summed E-state index contributed by atoms with van der Waals surface area (Å²) in [6.45, 7) is 1.62. The fourth-order valence-corrected chi connectivity index (χ4v) is 2.42. The lowest BCUT2D eigenvalue weighted by molar-refractivity contribution is 0.113. The SMILES string of the molecule is Cc1cccc(/C(N)=N/O)c1SCC(O)CO. The number of aliphatic hydroxyl groups is 2. The van der Waals surface area contributed by atoms with Crippen molar-refractivity contribution >= 4 is 17.6 Å².